The number of aliphatic hydroxyl groups excluding tert-OH is 1. The molecule has 1 unspecified atom stereocenters. The molecule has 3 nitrogen and oxygen atoms in total. The Balaban J connectivity index is 2.00. The second-order valence-corrected chi connectivity index (χ2v) is 6.83. The molecule has 4 heteroatoms. The molecule has 0 saturated carbocycles. The van der Waals surface area contributed by atoms with Gasteiger partial charge >= 0.3 is 0 Å². The topological polar surface area (TPSA) is 49.3 Å². The van der Waals surface area contributed by atoms with E-state index in [4.69, 9.17) is 0 Å². The Morgan fingerprint density at radius 2 is 2.25 bits per heavy atom. The van der Waals surface area contributed by atoms with E-state index in [0.29, 0.717) is 6.54 Å². The summed E-state index contributed by atoms with van der Waals surface area (Å²) in [4.78, 5) is 13.8. The molecular formula is C16H25NO2S. The van der Waals surface area contributed by atoms with Crippen LogP contribution < -0.4 is 5.32 Å². The first-order valence-electron chi connectivity index (χ1n) is 7.60. The molecule has 0 aromatic carbocycles. The molecule has 0 saturated heterocycles. The summed E-state index contributed by atoms with van der Waals surface area (Å²) in [7, 11) is 0. The molecule has 2 rings (SSSR count). The average Bonchev–Trinajstić information content (AvgIpc) is 2.97. The molecule has 20 heavy (non-hydrogen) atoms. The van der Waals surface area contributed by atoms with E-state index in [2.05, 4.69) is 30.6 Å². The van der Waals surface area contributed by atoms with Crippen LogP contribution in [0.15, 0.2) is 11.4 Å². The monoisotopic (exact) mass is 295 g/mol. The minimum atomic E-state index is -0.165. The maximum atomic E-state index is 12.5. The van der Waals surface area contributed by atoms with Gasteiger partial charge < -0.3 is 10.4 Å². The molecule has 1 heterocycles. The Hall–Kier alpha value is -0.870. The molecule has 0 fully saturated rings. The van der Waals surface area contributed by atoms with Crippen LogP contribution in [0.25, 0.3) is 0 Å². The highest BCUT2D eigenvalue weighted by atomic mass is 32.1. The second-order valence-electron chi connectivity index (χ2n) is 5.83. The Morgan fingerprint density at radius 3 is 2.90 bits per heavy atom. The number of aryl methyl sites for hydroxylation is 1. The van der Waals surface area contributed by atoms with Gasteiger partial charge in [0.1, 0.15) is 0 Å². The fourth-order valence-corrected chi connectivity index (χ4v) is 3.92. The zero-order chi connectivity index (χ0) is 14.6. The Kier molecular flexibility index (Phi) is 5.22. The van der Waals surface area contributed by atoms with Crippen molar-refractivity contribution in [2.75, 3.05) is 13.2 Å². The van der Waals surface area contributed by atoms with Gasteiger partial charge in [0.05, 0.1) is 12.5 Å². The Labute approximate surface area is 125 Å². The molecule has 1 aromatic rings. The van der Waals surface area contributed by atoms with Crippen molar-refractivity contribution in [2.24, 2.45) is 5.41 Å². The highest BCUT2D eigenvalue weighted by Gasteiger charge is 2.30. The average molecular weight is 295 g/mol. The summed E-state index contributed by atoms with van der Waals surface area (Å²) in [5.41, 5.74) is 1.06. The number of rotatable bonds is 6. The molecule has 1 amide bonds. The van der Waals surface area contributed by atoms with Crippen molar-refractivity contribution < 1.29 is 9.90 Å². The van der Waals surface area contributed by atoms with Crippen LogP contribution in [-0.2, 0) is 11.2 Å². The molecule has 1 atom stereocenters. The van der Waals surface area contributed by atoms with Crippen LogP contribution in [0.1, 0.15) is 55.9 Å². The normalized spacial score (nSPS) is 18.6. The third-order valence-corrected chi connectivity index (χ3v) is 5.84. The lowest BCUT2D eigenvalue weighted by Crippen LogP contribution is -2.41. The summed E-state index contributed by atoms with van der Waals surface area (Å²) in [6.07, 6.45) is 4.92. The van der Waals surface area contributed by atoms with E-state index in [0.717, 1.165) is 32.1 Å². The number of hydrogen-bond acceptors (Lipinski definition) is 3. The maximum absolute atomic E-state index is 12.5. The smallest absolute Gasteiger partial charge is 0.227 e. The Morgan fingerprint density at radius 1 is 1.50 bits per heavy atom. The van der Waals surface area contributed by atoms with Crippen molar-refractivity contribution in [3.8, 4) is 0 Å². The lowest BCUT2D eigenvalue weighted by atomic mass is 9.82. The minimum Gasteiger partial charge on any atom is -0.396 e. The summed E-state index contributed by atoms with van der Waals surface area (Å²) < 4.78 is 0. The zero-order valence-corrected chi connectivity index (χ0v) is 13.3. The van der Waals surface area contributed by atoms with Gasteiger partial charge in [0, 0.05) is 16.8 Å². The molecule has 1 aliphatic rings. The number of hydrogen-bond donors (Lipinski definition) is 2. The van der Waals surface area contributed by atoms with Crippen molar-refractivity contribution in [1.82, 2.24) is 5.32 Å². The molecule has 1 aromatic heterocycles. The predicted molar refractivity (Wildman–Crippen MR) is 83.1 cm³/mol. The molecule has 0 spiro atoms. The van der Waals surface area contributed by atoms with Gasteiger partial charge in [-0.3, -0.25) is 4.79 Å². The van der Waals surface area contributed by atoms with Crippen molar-refractivity contribution in [2.45, 2.75) is 51.9 Å². The maximum Gasteiger partial charge on any atom is 0.227 e. The fourth-order valence-electron chi connectivity index (χ4n) is 2.94. The summed E-state index contributed by atoms with van der Waals surface area (Å²) in [6, 6.07) is 2.10. The Bertz CT molecular complexity index is 443. The molecule has 112 valence electrons. The molecule has 0 bridgehead atoms. The number of thiophene rings is 1. The van der Waals surface area contributed by atoms with Gasteiger partial charge in [-0.1, -0.05) is 13.8 Å². The number of aliphatic hydroxyl groups is 1. The zero-order valence-electron chi connectivity index (χ0n) is 12.4. The van der Waals surface area contributed by atoms with Gasteiger partial charge in [-0.15, -0.1) is 11.3 Å². The number of carbonyl (C=O) groups is 1. The van der Waals surface area contributed by atoms with Crippen LogP contribution in [0.3, 0.4) is 0 Å². The predicted octanol–water partition coefficient (Wildman–Crippen LogP) is 3.08. The van der Waals surface area contributed by atoms with E-state index in [-0.39, 0.29) is 23.8 Å². The van der Waals surface area contributed by atoms with E-state index < -0.39 is 0 Å². The van der Waals surface area contributed by atoms with Gasteiger partial charge in [0.25, 0.3) is 0 Å². The summed E-state index contributed by atoms with van der Waals surface area (Å²) >= 11 is 1.76. The van der Waals surface area contributed by atoms with Crippen molar-refractivity contribution in [3.63, 3.8) is 0 Å². The van der Waals surface area contributed by atoms with Crippen molar-refractivity contribution in [3.05, 3.63) is 21.9 Å². The first-order chi connectivity index (χ1) is 9.65. The lowest BCUT2D eigenvalue weighted by molar-refractivity contribution is -0.123. The van der Waals surface area contributed by atoms with E-state index in [9.17, 15) is 9.90 Å². The highest BCUT2D eigenvalue weighted by Crippen LogP contribution is 2.35. The van der Waals surface area contributed by atoms with E-state index in [1.807, 2.05) is 0 Å². The van der Waals surface area contributed by atoms with Crippen LogP contribution in [0.2, 0.25) is 0 Å². The van der Waals surface area contributed by atoms with Crippen molar-refractivity contribution in [1.29, 1.82) is 0 Å². The summed E-state index contributed by atoms with van der Waals surface area (Å²) in [5, 5.41) is 14.7. The number of nitrogens with one attached hydrogen (secondary N) is 1. The van der Waals surface area contributed by atoms with Gasteiger partial charge in [-0.05, 0) is 49.1 Å². The van der Waals surface area contributed by atoms with Crippen LogP contribution in [-0.4, -0.2) is 24.2 Å². The first kappa shape index (κ1) is 15.5. The van der Waals surface area contributed by atoms with Crippen LogP contribution in [0, 0.1) is 5.41 Å². The molecular weight excluding hydrogens is 270 g/mol. The summed E-state index contributed by atoms with van der Waals surface area (Å²) in [5.74, 6) is 0.138. The second kappa shape index (κ2) is 6.72. The number of fused-ring (bicyclic) bond motifs is 1. The van der Waals surface area contributed by atoms with E-state index in [1.165, 1.54) is 10.4 Å². The van der Waals surface area contributed by atoms with E-state index >= 15 is 0 Å². The quantitative estimate of drug-likeness (QED) is 0.847. The molecule has 1 aliphatic carbocycles. The van der Waals surface area contributed by atoms with Gasteiger partial charge in [-0.2, -0.15) is 0 Å². The lowest BCUT2D eigenvalue weighted by Gasteiger charge is -2.31. The SMILES string of the molecule is CCC(CC)(CO)CNC(=O)C1CCCc2sccc21. The third kappa shape index (κ3) is 3.07. The summed E-state index contributed by atoms with van der Waals surface area (Å²) in [6.45, 7) is 4.85. The van der Waals surface area contributed by atoms with E-state index in [1.54, 1.807) is 11.3 Å². The number of amides is 1. The van der Waals surface area contributed by atoms with Gasteiger partial charge in [0.2, 0.25) is 5.91 Å². The largest absolute Gasteiger partial charge is 0.396 e. The molecule has 2 N–H and O–H groups in total. The van der Waals surface area contributed by atoms with Gasteiger partial charge in [-0.25, -0.2) is 0 Å². The fraction of sp³-hybridized carbons (Fsp3) is 0.688. The van der Waals surface area contributed by atoms with Crippen molar-refractivity contribution >= 4 is 17.2 Å². The number of carbonyl (C=O) groups excluding carboxylic acids is 1. The first-order valence-corrected chi connectivity index (χ1v) is 8.48. The van der Waals surface area contributed by atoms with Crippen LogP contribution in [0.5, 0.6) is 0 Å². The van der Waals surface area contributed by atoms with Gasteiger partial charge in [0.15, 0.2) is 0 Å². The highest BCUT2D eigenvalue weighted by molar-refractivity contribution is 7.10. The third-order valence-electron chi connectivity index (χ3n) is 4.84. The van der Waals surface area contributed by atoms with Crippen LogP contribution >= 0.6 is 11.3 Å². The molecule has 0 aliphatic heterocycles. The molecule has 0 radical (unpaired) electrons. The van der Waals surface area contributed by atoms with Crippen LogP contribution in [0.4, 0.5) is 0 Å². The minimum absolute atomic E-state index is 0.00936. The standard InChI is InChI=1S/C16H25NO2S/c1-3-16(4-2,11-18)10-17-15(19)13-6-5-7-14-12(13)8-9-20-14/h8-9,13,18H,3-7,10-11H2,1-2H3,(H,17,19).